The Labute approximate surface area is 146 Å². The third kappa shape index (κ3) is 1.85. The average molecular weight is 327 g/mol. The van der Waals surface area contributed by atoms with Crippen molar-refractivity contribution in [1.29, 1.82) is 0 Å². The summed E-state index contributed by atoms with van der Waals surface area (Å²) >= 11 is 0. The number of furan rings is 1. The van der Waals surface area contributed by atoms with Crippen molar-refractivity contribution >= 4 is 43.7 Å². The van der Waals surface area contributed by atoms with E-state index in [2.05, 4.69) is 87.0 Å². The van der Waals surface area contributed by atoms with E-state index in [4.69, 9.17) is 4.42 Å². The number of nitrogens with zero attached hydrogens (tertiary/aromatic N) is 1. The normalized spacial score (nSPS) is 12.8. The Balaban J connectivity index is 2.07. The van der Waals surface area contributed by atoms with E-state index < -0.39 is 0 Å². The monoisotopic (exact) mass is 327 g/mol. The predicted octanol–water partition coefficient (Wildman–Crippen LogP) is 6.53. The molecule has 0 aliphatic carbocycles. The van der Waals surface area contributed by atoms with E-state index in [1.807, 2.05) is 0 Å². The fourth-order valence-corrected chi connectivity index (χ4v) is 4.15. The minimum atomic E-state index is 0.0734. The van der Waals surface area contributed by atoms with Gasteiger partial charge >= 0.3 is 0 Å². The maximum atomic E-state index is 6.41. The maximum absolute atomic E-state index is 6.41. The summed E-state index contributed by atoms with van der Waals surface area (Å²) in [5.41, 5.74) is 5.84. The van der Waals surface area contributed by atoms with E-state index in [0.717, 1.165) is 11.2 Å². The van der Waals surface area contributed by atoms with Crippen LogP contribution in [0.25, 0.3) is 43.7 Å². The van der Waals surface area contributed by atoms with Crippen molar-refractivity contribution < 1.29 is 4.42 Å². The minimum Gasteiger partial charge on any atom is -0.455 e. The summed E-state index contributed by atoms with van der Waals surface area (Å²) in [4.78, 5) is 0. The second-order valence-corrected chi connectivity index (χ2v) is 7.94. The van der Waals surface area contributed by atoms with Crippen molar-refractivity contribution in [1.82, 2.24) is 4.57 Å². The second-order valence-electron chi connectivity index (χ2n) is 7.94. The molecule has 0 radical (unpaired) electrons. The molecule has 0 fully saturated rings. The quantitative estimate of drug-likeness (QED) is 0.316. The SMILES string of the molecule is Cn1c2ccccc2c2c3oc4cccc(C(C)(C)C)c4c3ccc21. The number of hydrogen-bond acceptors (Lipinski definition) is 1. The first kappa shape index (κ1) is 14.6. The molecule has 2 heteroatoms. The van der Waals surface area contributed by atoms with E-state index in [1.54, 1.807) is 0 Å². The summed E-state index contributed by atoms with van der Waals surface area (Å²) in [5.74, 6) is 0. The molecule has 0 bridgehead atoms. The van der Waals surface area contributed by atoms with Crippen LogP contribution < -0.4 is 0 Å². The molecule has 0 amide bonds. The summed E-state index contributed by atoms with van der Waals surface area (Å²) in [5, 5.41) is 4.93. The van der Waals surface area contributed by atoms with Gasteiger partial charge in [-0.1, -0.05) is 51.1 Å². The van der Waals surface area contributed by atoms with Gasteiger partial charge in [0.15, 0.2) is 0 Å². The number of aryl methyl sites for hydroxylation is 1. The molecule has 5 rings (SSSR count). The number of hydrogen-bond donors (Lipinski definition) is 0. The van der Waals surface area contributed by atoms with Crippen molar-refractivity contribution in [2.24, 2.45) is 7.05 Å². The Morgan fingerprint density at radius 2 is 1.56 bits per heavy atom. The van der Waals surface area contributed by atoms with E-state index in [0.29, 0.717) is 0 Å². The molecule has 2 nitrogen and oxygen atoms in total. The van der Waals surface area contributed by atoms with Gasteiger partial charge in [-0.25, -0.2) is 0 Å². The van der Waals surface area contributed by atoms with Gasteiger partial charge in [0.2, 0.25) is 0 Å². The highest BCUT2D eigenvalue weighted by molar-refractivity contribution is 6.23. The number of rotatable bonds is 0. The van der Waals surface area contributed by atoms with Crippen molar-refractivity contribution in [3.05, 3.63) is 60.2 Å². The maximum Gasteiger partial charge on any atom is 0.145 e. The molecule has 2 heterocycles. The van der Waals surface area contributed by atoms with Crippen LogP contribution in [0.3, 0.4) is 0 Å². The number of fused-ring (bicyclic) bond motifs is 7. The zero-order chi connectivity index (χ0) is 17.3. The van der Waals surface area contributed by atoms with Crippen LogP contribution in [-0.4, -0.2) is 4.57 Å². The molecule has 0 unspecified atom stereocenters. The van der Waals surface area contributed by atoms with Crippen LogP contribution in [0.2, 0.25) is 0 Å². The van der Waals surface area contributed by atoms with Crippen LogP contribution >= 0.6 is 0 Å². The number of para-hydroxylation sites is 1. The molecule has 3 aromatic carbocycles. The summed E-state index contributed by atoms with van der Waals surface area (Å²) in [7, 11) is 2.12. The lowest BCUT2D eigenvalue weighted by molar-refractivity contribution is 0.595. The Morgan fingerprint density at radius 1 is 0.760 bits per heavy atom. The summed E-state index contributed by atoms with van der Waals surface area (Å²) in [6, 6.07) is 19.4. The summed E-state index contributed by atoms with van der Waals surface area (Å²) < 4.78 is 8.66. The Morgan fingerprint density at radius 3 is 2.36 bits per heavy atom. The van der Waals surface area contributed by atoms with Crippen LogP contribution in [0.1, 0.15) is 26.3 Å². The average Bonchev–Trinajstić information content (AvgIpc) is 3.10. The number of aromatic nitrogens is 1. The van der Waals surface area contributed by atoms with E-state index in [1.165, 1.54) is 38.1 Å². The first-order valence-corrected chi connectivity index (χ1v) is 8.78. The Bertz CT molecular complexity index is 1280. The molecule has 0 N–H and O–H groups in total. The minimum absolute atomic E-state index is 0.0734. The molecule has 5 aromatic rings. The van der Waals surface area contributed by atoms with Crippen LogP contribution in [0.15, 0.2) is 59.0 Å². The smallest absolute Gasteiger partial charge is 0.145 e. The molecular weight excluding hydrogens is 306 g/mol. The lowest BCUT2D eigenvalue weighted by Crippen LogP contribution is -2.11. The van der Waals surface area contributed by atoms with Crippen LogP contribution in [-0.2, 0) is 12.5 Å². The Hall–Kier alpha value is -2.74. The van der Waals surface area contributed by atoms with E-state index >= 15 is 0 Å². The van der Waals surface area contributed by atoms with Crippen molar-refractivity contribution in [2.75, 3.05) is 0 Å². The van der Waals surface area contributed by atoms with Gasteiger partial charge in [0.1, 0.15) is 11.2 Å². The molecule has 0 atom stereocenters. The Kier molecular flexibility index (Phi) is 2.72. The standard InChI is InChI=1S/C23H21NO/c1-23(2,3)16-9-7-11-19-20(16)15-12-13-18-21(22(15)25-19)14-8-5-6-10-17(14)24(18)4/h5-13H,1-4H3. The molecule has 0 saturated carbocycles. The third-order valence-electron chi connectivity index (χ3n) is 5.35. The molecule has 124 valence electrons. The van der Waals surface area contributed by atoms with Gasteiger partial charge in [0.25, 0.3) is 0 Å². The molecule has 25 heavy (non-hydrogen) atoms. The van der Waals surface area contributed by atoms with Gasteiger partial charge in [-0.2, -0.15) is 0 Å². The van der Waals surface area contributed by atoms with E-state index in [-0.39, 0.29) is 5.41 Å². The lowest BCUT2D eigenvalue weighted by atomic mass is 9.84. The summed E-state index contributed by atoms with van der Waals surface area (Å²) in [6.07, 6.45) is 0. The highest BCUT2D eigenvalue weighted by Crippen LogP contribution is 2.41. The second kappa shape index (κ2) is 4.66. The molecule has 0 aliphatic rings. The van der Waals surface area contributed by atoms with Gasteiger partial charge in [-0.15, -0.1) is 0 Å². The molecule has 0 aliphatic heterocycles. The highest BCUT2D eigenvalue weighted by Gasteiger charge is 2.22. The van der Waals surface area contributed by atoms with Crippen LogP contribution in [0.4, 0.5) is 0 Å². The lowest BCUT2D eigenvalue weighted by Gasteiger charge is -2.19. The van der Waals surface area contributed by atoms with Gasteiger partial charge in [0, 0.05) is 28.7 Å². The zero-order valence-corrected chi connectivity index (χ0v) is 15.1. The van der Waals surface area contributed by atoms with Crippen molar-refractivity contribution in [3.8, 4) is 0 Å². The summed E-state index contributed by atoms with van der Waals surface area (Å²) in [6.45, 7) is 6.78. The molecule has 0 saturated heterocycles. The molecular formula is C23H21NO. The highest BCUT2D eigenvalue weighted by atomic mass is 16.3. The topological polar surface area (TPSA) is 18.1 Å². The van der Waals surface area contributed by atoms with Crippen molar-refractivity contribution in [2.45, 2.75) is 26.2 Å². The fraction of sp³-hybridized carbons (Fsp3) is 0.217. The van der Waals surface area contributed by atoms with Gasteiger partial charge in [-0.05, 0) is 35.2 Å². The first-order chi connectivity index (χ1) is 12.0. The van der Waals surface area contributed by atoms with E-state index in [9.17, 15) is 0 Å². The fourth-order valence-electron chi connectivity index (χ4n) is 4.15. The van der Waals surface area contributed by atoms with Gasteiger partial charge in [-0.3, -0.25) is 0 Å². The van der Waals surface area contributed by atoms with Crippen molar-refractivity contribution in [3.63, 3.8) is 0 Å². The molecule has 2 aromatic heterocycles. The van der Waals surface area contributed by atoms with Crippen LogP contribution in [0, 0.1) is 0 Å². The molecule has 0 spiro atoms. The van der Waals surface area contributed by atoms with Gasteiger partial charge in [0.05, 0.1) is 10.9 Å². The zero-order valence-electron chi connectivity index (χ0n) is 15.1. The van der Waals surface area contributed by atoms with Gasteiger partial charge < -0.3 is 8.98 Å². The first-order valence-electron chi connectivity index (χ1n) is 8.78. The van der Waals surface area contributed by atoms with Crippen LogP contribution in [0.5, 0.6) is 0 Å². The predicted molar refractivity (Wildman–Crippen MR) is 106 cm³/mol. The number of benzene rings is 3. The largest absolute Gasteiger partial charge is 0.455 e. The third-order valence-corrected chi connectivity index (χ3v) is 5.35.